The number of aliphatic carboxylic acids is 2. The van der Waals surface area contributed by atoms with Crippen molar-refractivity contribution in [2.75, 3.05) is 7.11 Å². The maximum Gasteiger partial charge on any atom is 0.335 e. The van der Waals surface area contributed by atoms with Crippen LogP contribution in [-0.4, -0.2) is 54.8 Å². The zero-order valence-electron chi connectivity index (χ0n) is 23.7. The molecule has 2 aliphatic rings. The van der Waals surface area contributed by atoms with E-state index in [2.05, 4.69) is 0 Å². The Morgan fingerprint density at radius 3 is 1.40 bits per heavy atom. The van der Waals surface area contributed by atoms with E-state index in [0.717, 1.165) is 0 Å². The van der Waals surface area contributed by atoms with Crippen molar-refractivity contribution in [3.05, 3.63) is 43.9 Å². The number of hydrogen-bond acceptors (Lipinski definition) is 7. The Morgan fingerprint density at radius 1 is 0.675 bits per heavy atom. The third-order valence-electron chi connectivity index (χ3n) is 7.30. The number of carboxylic acid groups (broad SMARTS) is 2. The molecule has 2 heterocycles. The fourth-order valence-corrected chi connectivity index (χ4v) is 7.28. The topological polar surface area (TPSA) is 152 Å². The summed E-state index contributed by atoms with van der Waals surface area (Å²) in [5.74, 6) is -2.39. The van der Waals surface area contributed by atoms with E-state index in [0.29, 0.717) is 83.8 Å². The molecule has 0 aliphatic carbocycles. The summed E-state index contributed by atoms with van der Waals surface area (Å²) in [6, 6.07) is 0. The summed E-state index contributed by atoms with van der Waals surface area (Å²) in [5, 5.41) is 18.6. The zero-order valence-corrected chi connectivity index (χ0v) is 25.3. The molecule has 0 saturated carbocycles. The molecule has 0 spiro atoms. The molecule has 40 heavy (non-hydrogen) atoms. The minimum Gasteiger partial charge on any atom is -0.481 e. The van der Waals surface area contributed by atoms with Gasteiger partial charge in [-0.05, 0) is 109 Å². The van der Waals surface area contributed by atoms with Gasteiger partial charge in [-0.15, -0.1) is 0 Å². The molecule has 3 atom stereocenters. The van der Waals surface area contributed by atoms with Gasteiger partial charge in [0.05, 0.1) is 27.0 Å². The Hall–Kier alpha value is -2.50. The fraction of sp³-hybridized carbons (Fsp3) is 0.586. The van der Waals surface area contributed by atoms with Crippen LogP contribution in [0.25, 0.3) is 0 Å². The first-order valence-electron chi connectivity index (χ1n) is 13.5. The molecule has 0 fully saturated rings. The number of allylic oxidation sites excluding steroid dienone is 8. The van der Waals surface area contributed by atoms with E-state index in [-0.39, 0.29) is 18.0 Å². The Morgan fingerprint density at radius 2 is 1.05 bits per heavy atom. The standard InChI is InChI=1S/C29H40O9S2/c1-28(2,26(32)33)14-7-5-10-22-16-20(30)18-24(39(22)36)12-9-13-25-19-21(31)17-23(40(25)37)11-6-8-15-29(3,38-4)27(34)35/h16-19H,5-15H2,1-4H3,(H,32,33)(H,34,35). The summed E-state index contributed by atoms with van der Waals surface area (Å²) in [7, 11) is -1.59. The van der Waals surface area contributed by atoms with Crippen LogP contribution in [0.1, 0.15) is 91.4 Å². The molecule has 0 amide bonds. The third-order valence-corrected chi connectivity index (χ3v) is 10.5. The molecule has 0 saturated heterocycles. The predicted molar refractivity (Wildman–Crippen MR) is 154 cm³/mol. The molecule has 0 aromatic rings. The van der Waals surface area contributed by atoms with Crippen molar-refractivity contribution >= 4 is 45.1 Å². The number of unbranched alkanes of at least 4 members (excludes halogenated alkanes) is 2. The van der Waals surface area contributed by atoms with Crippen molar-refractivity contribution in [2.45, 2.75) is 97.0 Å². The first-order valence-corrected chi connectivity index (χ1v) is 15.8. The molecule has 9 nitrogen and oxygen atoms in total. The Labute approximate surface area is 240 Å². The van der Waals surface area contributed by atoms with E-state index < -0.39 is 44.6 Å². The van der Waals surface area contributed by atoms with Gasteiger partial charge < -0.3 is 14.9 Å². The smallest absolute Gasteiger partial charge is 0.335 e. The molecule has 2 N–H and O–H groups in total. The van der Waals surface area contributed by atoms with Gasteiger partial charge in [-0.25, -0.2) is 13.2 Å². The van der Waals surface area contributed by atoms with E-state index in [1.54, 1.807) is 13.8 Å². The average Bonchev–Trinajstić information content (AvgIpc) is 2.88. The second-order valence-corrected chi connectivity index (χ2v) is 14.2. The van der Waals surface area contributed by atoms with Crippen LogP contribution in [0.4, 0.5) is 0 Å². The van der Waals surface area contributed by atoms with Crippen LogP contribution < -0.4 is 0 Å². The van der Waals surface area contributed by atoms with Gasteiger partial charge in [0.1, 0.15) is 0 Å². The van der Waals surface area contributed by atoms with Gasteiger partial charge in [0.2, 0.25) is 0 Å². The van der Waals surface area contributed by atoms with Crippen LogP contribution in [0.15, 0.2) is 43.9 Å². The Bertz CT molecular complexity index is 1190. The van der Waals surface area contributed by atoms with Crippen molar-refractivity contribution in [3.63, 3.8) is 0 Å². The number of carbonyl (C=O) groups excluding carboxylic acids is 2. The third kappa shape index (κ3) is 9.55. The van der Waals surface area contributed by atoms with Gasteiger partial charge in [0, 0.05) is 26.7 Å². The van der Waals surface area contributed by atoms with E-state index in [1.165, 1.54) is 38.3 Å². The Balaban J connectivity index is 1.85. The number of rotatable bonds is 17. The first kappa shape index (κ1) is 33.7. The van der Waals surface area contributed by atoms with E-state index in [4.69, 9.17) is 4.74 Å². The highest BCUT2D eigenvalue weighted by Gasteiger charge is 2.32. The van der Waals surface area contributed by atoms with Crippen LogP contribution >= 0.6 is 0 Å². The molecule has 0 bridgehead atoms. The maximum atomic E-state index is 13.1. The normalized spacial score (nSPS) is 21.2. The van der Waals surface area contributed by atoms with Crippen molar-refractivity contribution in [1.82, 2.24) is 0 Å². The molecular weight excluding hydrogens is 556 g/mol. The lowest BCUT2D eigenvalue weighted by atomic mass is 9.87. The SMILES string of the molecule is COC(C)(CCCCC1=CC(=O)C=C(CCCC2=CC(=O)C=C(CCCCC(C)(C)C(=O)O)S2=O)S1=O)C(=O)O. The van der Waals surface area contributed by atoms with Gasteiger partial charge >= 0.3 is 11.9 Å². The maximum absolute atomic E-state index is 13.1. The zero-order chi connectivity index (χ0) is 30.1. The van der Waals surface area contributed by atoms with Crippen LogP contribution in [0.3, 0.4) is 0 Å². The molecule has 0 aromatic carbocycles. The van der Waals surface area contributed by atoms with Gasteiger partial charge in [-0.1, -0.05) is 6.42 Å². The summed E-state index contributed by atoms with van der Waals surface area (Å²) in [6.45, 7) is 4.83. The minimum absolute atomic E-state index is 0.233. The number of ether oxygens (including phenoxy) is 1. The molecule has 2 aliphatic heterocycles. The highest BCUT2D eigenvalue weighted by Crippen LogP contribution is 2.31. The average molecular weight is 597 g/mol. The quantitative estimate of drug-likeness (QED) is 0.219. The highest BCUT2D eigenvalue weighted by molar-refractivity contribution is 7.93. The number of ketones is 2. The summed E-state index contributed by atoms with van der Waals surface area (Å²) in [4.78, 5) is 49.2. The molecule has 0 radical (unpaired) electrons. The molecule has 11 heteroatoms. The second kappa shape index (κ2) is 14.9. The van der Waals surface area contributed by atoms with Crippen LogP contribution in [0.2, 0.25) is 0 Å². The number of methoxy groups -OCH3 is 1. The Kier molecular flexibility index (Phi) is 12.6. The highest BCUT2D eigenvalue weighted by atomic mass is 32.2. The minimum atomic E-state index is -1.48. The number of hydrogen-bond donors (Lipinski definition) is 2. The number of carbonyl (C=O) groups is 4. The molecular formula is C29H40O9S2. The van der Waals surface area contributed by atoms with Gasteiger partial charge in [-0.3, -0.25) is 14.4 Å². The summed E-state index contributed by atoms with van der Waals surface area (Å²) in [5.41, 5.74) is -2.13. The van der Waals surface area contributed by atoms with Crippen molar-refractivity contribution in [3.8, 4) is 0 Å². The molecule has 0 aromatic heterocycles. The van der Waals surface area contributed by atoms with E-state index in [9.17, 15) is 37.8 Å². The first-order chi connectivity index (χ1) is 18.7. The second-order valence-electron chi connectivity index (χ2n) is 11.0. The van der Waals surface area contributed by atoms with Crippen LogP contribution in [0.5, 0.6) is 0 Å². The lowest BCUT2D eigenvalue weighted by Gasteiger charge is -2.23. The van der Waals surface area contributed by atoms with E-state index in [1.807, 2.05) is 0 Å². The van der Waals surface area contributed by atoms with Crippen molar-refractivity contribution < 1.29 is 42.5 Å². The fourth-order valence-electron chi connectivity index (χ4n) is 4.40. The molecule has 3 unspecified atom stereocenters. The van der Waals surface area contributed by atoms with Crippen LogP contribution in [-0.2, 0) is 45.5 Å². The van der Waals surface area contributed by atoms with Crippen molar-refractivity contribution in [2.24, 2.45) is 5.41 Å². The largest absolute Gasteiger partial charge is 0.481 e. The molecule has 222 valence electrons. The van der Waals surface area contributed by atoms with Gasteiger partial charge in [0.15, 0.2) is 17.2 Å². The number of carboxylic acids is 2. The van der Waals surface area contributed by atoms with Crippen LogP contribution in [0, 0.1) is 5.41 Å². The lowest BCUT2D eigenvalue weighted by Crippen LogP contribution is -2.37. The van der Waals surface area contributed by atoms with E-state index >= 15 is 0 Å². The monoisotopic (exact) mass is 596 g/mol. The van der Waals surface area contributed by atoms with Gasteiger partial charge in [0.25, 0.3) is 0 Å². The summed E-state index contributed by atoms with van der Waals surface area (Å²) in [6.07, 6.45) is 10.6. The summed E-state index contributed by atoms with van der Waals surface area (Å²) >= 11 is 0. The molecule has 2 rings (SSSR count). The lowest BCUT2D eigenvalue weighted by molar-refractivity contribution is -0.161. The van der Waals surface area contributed by atoms with Gasteiger partial charge in [-0.2, -0.15) is 0 Å². The predicted octanol–water partition coefficient (Wildman–Crippen LogP) is 5.08. The van der Waals surface area contributed by atoms with Crippen molar-refractivity contribution in [1.29, 1.82) is 0 Å². The summed E-state index contributed by atoms with van der Waals surface area (Å²) < 4.78 is 31.2.